The van der Waals surface area contributed by atoms with Gasteiger partial charge in [-0.15, -0.1) is 0 Å². The molecule has 0 N–H and O–H groups in total. The molecule has 102 valence electrons. The maximum atomic E-state index is 11.5. The van der Waals surface area contributed by atoms with E-state index in [1.54, 1.807) is 0 Å². The first-order chi connectivity index (χ1) is 8.40. The monoisotopic (exact) mass is 273 g/mol. The fourth-order valence-electron chi connectivity index (χ4n) is 1.86. The summed E-state index contributed by atoms with van der Waals surface area (Å²) < 4.78 is 26.2. The van der Waals surface area contributed by atoms with E-state index < -0.39 is 10.1 Å². The number of ketones is 1. The number of hydrogen-bond acceptors (Lipinski definition) is 5. The first kappa shape index (κ1) is 14.9. The molecule has 5 nitrogen and oxygen atoms in total. The van der Waals surface area contributed by atoms with E-state index in [1.165, 1.54) is 13.3 Å². The number of nitrogens with zero attached hydrogens (tertiary/aromatic N) is 1. The summed E-state index contributed by atoms with van der Waals surface area (Å²) in [5.74, 6) is -0.273. The van der Waals surface area contributed by atoms with Gasteiger partial charge in [-0.1, -0.05) is 24.1 Å². The molecule has 0 bridgehead atoms. The van der Waals surface area contributed by atoms with Gasteiger partial charge in [0.15, 0.2) is 5.78 Å². The van der Waals surface area contributed by atoms with Crippen LogP contribution in [0.3, 0.4) is 0 Å². The molecule has 0 saturated carbocycles. The van der Waals surface area contributed by atoms with E-state index in [4.69, 9.17) is 0 Å². The molecular weight excluding hydrogens is 254 g/mol. The van der Waals surface area contributed by atoms with Gasteiger partial charge in [0.25, 0.3) is 0 Å². The maximum Gasteiger partial charge on any atom is 0.325 e. The number of carbonyl (C=O) groups is 1. The van der Waals surface area contributed by atoms with Crippen LogP contribution in [0.5, 0.6) is 0 Å². The molecule has 0 spiro atoms. The van der Waals surface area contributed by atoms with Crippen molar-refractivity contribution >= 4 is 21.6 Å². The fourth-order valence-corrected chi connectivity index (χ4v) is 2.07. The number of Topliss-reactive ketones (excluding diaryl/α,β-unsaturated/α-hetero) is 1. The first-order valence-electron chi connectivity index (χ1n) is 6.07. The average molecular weight is 273 g/mol. The third-order valence-electron chi connectivity index (χ3n) is 2.69. The summed E-state index contributed by atoms with van der Waals surface area (Å²) in [6, 6.07) is 0. The zero-order chi connectivity index (χ0) is 13.6. The van der Waals surface area contributed by atoms with Crippen molar-refractivity contribution in [3.63, 3.8) is 0 Å². The Labute approximate surface area is 108 Å². The van der Waals surface area contributed by atoms with Crippen LogP contribution in [0.1, 0.15) is 45.4 Å². The van der Waals surface area contributed by atoms with Crippen LogP contribution in [0, 0.1) is 0 Å². The number of hydrogen-bond donors (Lipinski definition) is 0. The standard InChI is InChI=1S/C12H19NO4S/c1-10(14)12(13-17-18(2,15)16)11-8-6-4-3-5-7-9-11/h8H,3-7,9H2,1-2H3. The van der Waals surface area contributed by atoms with Crippen LogP contribution in [-0.4, -0.2) is 26.2 Å². The minimum absolute atomic E-state index is 0.127. The SMILES string of the molecule is CC(=O)C(=NOS(C)(=O)=O)C1=CCCCCCC1. The summed E-state index contributed by atoms with van der Waals surface area (Å²) in [5, 5.41) is 3.50. The number of oxime groups is 1. The molecule has 1 aliphatic carbocycles. The van der Waals surface area contributed by atoms with Gasteiger partial charge in [0, 0.05) is 6.92 Å². The predicted octanol–water partition coefficient (Wildman–Crippen LogP) is 2.19. The van der Waals surface area contributed by atoms with Gasteiger partial charge in [0.1, 0.15) is 5.71 Å². The summed E-state index contributed by atoms with van der Waals surface area (Å²) >= 11 is 0. The van der Waals surface area contributed by atoms with Gasteiger partial charge in [0.2, 0.25) is 0 Å². The molecule has 1 aliphatic rings. The summed E-state index contributed by atoms with van der Waals surface area (Å²) in [4.78, 5) is 11.5. The molecule has 0 fully saturated rings. The van der Waals surface area contributed by atoms with Crippen molar-refractivity contribution in [1.82, 2.24) is 0 Å². The van der Waals surface area contributed by atoms with Crippen LogP contribution in [0.2, 0.25) is 0 Å². The van der Waals surface area contributed by atoms with Crippen LogP contribution in [0.4, 0.5) is 0 Å². The zero-order valence-electron chi connectivity index (χ0n) is 10.8. The Hall–Kier alpha value is -1.17. The first-order valence-corrected chi connectivity index (χ1v) is 7.89. The lowest BCUT2D eigenvalue weighted by Gasteiger charge is -2.11. The second-order valence-electron chi connectivity index (χ2n) is 4.46. The van der Waals surface area contributed by atoms with Crippen molar-refractivity contribution in [3.05, 3.63) is 11.6 Å². The van der Waals surface area contributed by atoms with Crippen molar-refractivity contribution in [2.45, 2.75) is 45.4 Å². The quantitative estimate of drug-likeness (QED) is 0.581. The molecule has 6 heteroatoms. The molecule has 1 rings (SSSR count). The lowest BCUT2D eigenvalue weighted by Crippen LogP contribution is -2.16. The Morgan fingerprint density at radius 1 is 1.28 bits per heavy atom. The van der Waals surface area contributed by atoms with Crippen molar-refractivity contribution < 1.29 is 17.5 Å². The number of carbonyl (C=O) groups excluding carboxylic acids is 1. The Morgan fingerprint density at radius 3 is 2.56 bits per heavy atom. The normalized spacial score (nSPS) is 18.6. The summed E-state index contributed by atoms with van der Waals surface area (Å²) in [7, 11) is -3.67. The second-order valence-corrected chi connectivity index (χ2v) is 6.01. The van der Waals surface area contributed by atoms with E-state index in [2.05, 4.69) is 9.44 Å². The molecule has 18 heavy (non-hydrogen) atoms. The summed E-state index contributed by atoms with van der Waals surface area (Å²) in [6.45, 7) is 1.37. The molecule has 0 atom stereocenters. The molecule has 0 heterocycles. The van der Waals surface area contributed by atoms with Crippen molar-refractivity contribution in [2.24, 2.45) is 5.16 Å². The van der Waals surface area contributed by atoms with Gasteiger partial charge in [-0.25, -0.2) is 0 Å². The minimum atomic E-state index is -3.67. The average Bonchev–Trinajstić information content (AvgIpc) is 2.18. The highest BCUT2D eigenvalue weighted by atomic mass is 32.2. The van der Waals surface area contributed by atoms with Crippen molar-refractivity contribution in [2.75, 3.05) is 6.26 Å². The van der Waals surface area contributed by atoms with Gasteiger partial charge < -0.3 is 0 Å². The smallest absolute Gasteiger partial charge is 0.293 e. The second kappa shape index (κ2) is 6.68. The lowest BCUT2D eigenvalue weighted by molar-refractivity contribution is -0.111. The van der Waals surface area contributed by atoms with E-state index in [0.29, 0.717) is 0 Å². The zero-order valence-corrected chi connectivity index (χ0v) is 11.6. The minimum Gasteiger partial charge on any atom is -0.293 e. The number of allylic oxidation sites excluding steroid dienone is 2. The van der Waals surface area contributed by atoms with E-state index in [9.17, 15) is 13.2 Å². The summed E-state index contributed by atoms with van der Waals surface area (Å²) in [5.41, 5.74) is 0.924. The Bertz CT molecular complexity index is 462. The third kappa shape index (κ3) is 5.44. The fraction of sp³-hybridized carbons (Fsp3) is 0.667. The van der Waals surface area contributed by atoms with Gasteiger partial charge in [0.05, 0.1) is 6.26 Å². The molecular formula is C12H19NO4S. The van der Waals surface area contributed by atoms with E-state index >= 15 is 0 Å². The largest absolute Gasteiger partial charge is 0.325 e. The molecule has 0 amide bonds. The lowest BCUT2D eigenvalue weighted by atomic mass is 9.95. The number of rotatable bonds is 4. The highest BCUT2D eigenvalue weighted by molar-refractivity contribution is 7.85. The van der Waals surface area contributed by atoms with E-state index in [0.717, 1.165) is 43.9 Å². The summed E-state index contributed by atoms with van der Waals surface area (Å²) in [6.07, 6.45) is 8.88. The molecule has 0 aliphatic heterocycles. The van der Waals surface area contributed by atoms with Crippen molar-refractivity contribution in [3.8, 4) is 0 Å². The third-order valence-corrected chi connectivity index (χ3v) is 3.04. The molecule has 0 radical (unpaired) electrons. The van der Waals surface area contributed by atoms with Gasteiger partial charge in [-0.05, 0) is 31.3 Å². The highest BCUT2D eigenvalue weighted by Gasteiger charge is 2.15. The predicted molar refractivity (Wildman–Crippen MR) is 69.8 cm³/mol. The van der Waals surface area contributed by atoms with E-state index in [-0.39, 0.29) is 11.5 Å². The highest BCUT2D eigenvalue weighted by Crippen LogP contribution is 2.19. The topological polar surface area (TPSA) is 72.8 Å². The molecule has 0 aromatic rings. The molecule has 0 aromatic carbocycles. The molecule has 0 saturated heterocycles. The van der Waals surface area contributed by atoms with E-state index in [1.807, 2.05) is 6.08 Å². The van der Waals surface area contributed by atoms with Crippen LogP contribution < -0.4 is 0 Å². The Kier molecular flexibility index (Phi) is 5.53. The van der Waals surface area contributed by atoms with Gasteiger partial charge in [-0.2, -0.15) is 8.42 Å². The molecule has 0 aromatic heterocycles. The van der Waals surface area contributed by atoms with Gasteiger partial charge in [-0.3, -0.25) is 9.08 Å². The van der Waals surface area contributed by atoms with Crippen LogP contribution in [0.25, 0.3) is 0 Å². The Balaban J connectivity index is 2.92. The Morgan fingerprint density at radius 2 is 1.94 bits per heavy atom. The van der Waals surface area contributed by atoms with Crippen LogP contribution in [0.15, 0.2) is 16.8 Å². The van der Waals surface area contributed by atoms with Crippen molar-refractivity contribution in [1.29, 1.82) is 0 Å². The van der Waals surface area contributed by atoms with Gasteiger partial charge >= 0.3 is 10.1 Å². The maximum absolute atomic E-state index is 11.5. The molecule has 0 unspecified atom stereocenters. The van der Waals surface area contributed by atoms with Crippen LogP contribution in [-0.2, 0) is 19.2 Å². The van der Waals surface area contributed by atoms with Crippen LogP contribution >= 0.6 is 0 Å².